The molecule has 26 heavy (non-hydrogen) atoms. The molecule has 2 aromatic rings. The average Bonchev–Trinajstić information content (AvgIpc) is 2.66. The van der Waals surface area contributed by atoms with Crippen molar-refractivity contribution in [3.63, 3.8) is 0 Å². The van der Waals surface area contributed by atoms with Gasteiger partial charge >= 0.3 is 0 Å². The van der Waals surface area contributed by atoms with E-state index in [9.17, 15) is 14.0 Å². The Labute approximate surface area is 157 Å². The molecule has 1 saturated heterocycles. The number of hydrogen-bond donors (Lipinski definition) is 0. The molecule has 2 aromatic carbocycles. The molecule has 0 atom stereocenters. The van der Waals surface area contributed by atoms with E-state index in [-0.39, 0.29) is 30.3 Å². The standard InChI is InChI=1S/C20H20ClFN2O2/c21-16-3-1-2-15(14-16)19(25)8-9-20(26)24-12-10-23(11-13-24)18-6-4-17(22)5-7-18/h1-7,14H,8-13H2. The predicted octanol–water partition coefficient (Wildman–Crippen LogP) is 3.79. The zero-order chi connectivity index (χ0) is 18.5. The average molecular weight is 375 g/mol. The summed E-state index contributed by atoms with van der Waals surface area (Å²) in [5.41, 5.74) is 1.49. The zero-order valence-electron chi connectivity index (χ0n) is 14.3. The highest BCUT2D eigenvalue weighted by atomic mass is 35.5. The van der Waals surface area contributed by atoms with Crippen molar-refractivity contribution in [2.75, 3.05) is 31.1 Å². The molecule has 1 heterocycles. The number of anilines is 1. The summed E-state index contributed by atoms with van der Waals surface area (Å²) in [6, 6.07) is 13.1. The van der Waals surface area contributed by atoms with Crippen LogP contribution >= 0.6 is 11.6 Å². The van der Waals surface area contributed by atoms with E-state index < -0.39 is 0 Å². The molecule has 1 aliphatic rings. The molecule has 6 heteroatoms. The molecule has 0 radical (unpaired) electrons. The van der Waals surface area contributed by atoms with Crippen LogP contribution in [0.1, 0.15) is 23.2 Å². The Bertz CT molecular complexity index is 787. The van der Waals surface area contributed by atoms with Gasteiger partial charge in [0, 0.05) is 55.3 Å². The van der Waals surface area contributed by atoms with Gasteiger partial charge in [-0.3, -0.25) is 9.59 Å². The summed E-state index contributed by atoms with van der Waals surface area (Å²) in [4.78, 5) is 28.5. The molecule has 1 amide bonds. The molecule has 0 unspecified atom stereocenters. The number of ketones is 1. The Kier molecular flexibility index (Phi) is 5.89. The minimum Gasteiger partial charge on any atom is -0.368 e. The van der Waals surface area contributed by atoms with Crippen LogP contribution in [0.25, 0.3) is 0 Å². The van der Waals surface area contributed by atoms with Crippen LogP contribution in [-0.4, -0.2) is 42.8 Å². The molecule has 0 N–H and O–H groups in total. The first kappa shape index (κ1) is 18.4. The molecule has 0 aliphatic carbocycles. The van der Waals surface area contributed by atoms with Gasteiger partial charge in [-0.05, 0) is 36.4 Å². The summed E-state index contributed by atoms with van der Waals surface area (Å²) in [5.74, 6) is -0.350. The van der Waals surface area contributed by atoms with Crippen molar-refractivity contribution in [1.82, 2.24) is 4.90 Å². The lowest BCUT2D eigenvalue weighted by molar-refractivity contribution is -0.131. The van der Waals surface area contributed by atoms with E-state index in [1.165, 1.54) is 12.1 Å². The van der Waals surface area contributed by atoms with Crippen LogP contribution in [0.3, 0.4) is 0 Å². The maximum atomic E-state index is 13.0. The third-order valence-corrected chi connectivity index (χ3v) is 4.77. The third-order valence-electron chi connectivity index (χ3n) is 4.54. The van der Waals surface area contributed by atoms with Crippen LogP contribution in [-0.2, 0) is 4.79 Å². The van der Waals surface area contributed by atoms with E-state index in [0.29, 0.717) is 36.8 Å². The molecular formula is C20H20ClFN2O2. The Balaban J connectivity index is 1.47. The lowest BCUT2D eigenvalue weighted by Crippen LogP contribution is -2.48. The second kappa shape index (κ2) is 8.32. The zero-order valence-corrected chi connectivity index (χ0v) is 15.1. The summed E-state index contributed by atoms with van der Waals surface area (Å²) in [7, 11) is 0. The number of halogens is 2. The smallest absolute Gasteiger partial charge is 0.223 e. The van der Waals surface area contributed by atoms with Crippen molar-refractivity contribution in [3.8, 4) is 0 Å². The lowest BCUT2D eigenvalue weighted by Gasteiger charge is -2.36. The van der Waals surface area contributed by atoms with E-state index in [1.807, 2.05) is 0 Å². The Hall–Kier alpha value is -2.40. The van der Waals surface area contributed by atoms with Gasteiger partial charge in [0.15, 0.2) is 5.78 Å². The van der Waals surface area contributed by atoms with E-state index in [0.717, 1.165) is 5.69 Å². The van der Waals surface area contributed by atoms with Crippen LogP contribution in [0, 0.1) is 5.82 Å². The Morgan fingerprint density at radius 1 is 0.962 bits per heavy atom. The third kappa shape index (κ3) is 4.61. The number of rotatable bonds is 5. The summed E-state index contributed by atoms with van der Waals surface area (Å²) in [6.45, 7) is 2.59. The van der Waals surface area contributed by atoms with Gasteiger partial charge in [-0.2, -0.15) is 0 Å². The highest BCUT2D eigenvalue weighted by Crippen LogP contribution is 2.18. The van der Waals surface area contributed by atoms with Gasteiger partial charge in [0.25, 0.3) is 0 Å². The number of Topliss-reactive ketones (excluding diaryl/α,β-unsaturated/α-hetero) is 1. The SMILES string of the molecule is O=C(CCC(=O)N1CCN(c2ccc(F)cc2)CC1)c1cccc(Cl)c1. The van der Waals surface area contributed by atoms with Crippen molar-refractivity contribution in [2.24, 2.45) is 0 Å². The molecule has 0 saturated carbocycles. The topological polar surface area (TPSA) is 40.6 Å². The second-order valence-electron chi connectivity index (χ2n) is 6.28. The molecule has 1 fully saturated rings. The van der Waals surface area contributed by atoms with Crippen molar-refractivity contribution < 1.29 is 14.0 Å². The van der Waals surface area contributed by atoms with Gasteiger partial charge in [-0.15, -0.1) is 0 Å². The van der Waals surface area contributed by atoms with Gasteiger partial charge in [0.2, 0.25) is 5.91 Å². The number of benzene rings is 2. The normalized spacial score (nSPS) is 14.4. The monoisotopic (exact) mass is 374 g/mol. The minimum absolute atomic E-state index is 0.0147. The molecular weight excluding hydrogens is 355 g/mol. The maximum absolute atomic E-state index is 13.0. The highest BCUT2D eigenvalue weighted by molar-refractivity contribution is 6.31. The first-order chi connectivity index (χ1) is 12.5. The fourth-order valence-electron chi connectivity index (χ4n) is 3.05. The van der Waals surface area contributed by atoms with Gasteiger partial charge in [0.05, 0.1) is 0 Å². The van der Waals surface area contributed by atoms with E-state index >= 15 is 0 Å². The largest absolute Gasteiger partial charge is 0.368 e. The van der Waals surface area contributed by atoms with Crippen molar-refractivity contribution in [2.45, 2.75) is 12.8 Å². The van der Waals surface area contributed by atoms with Gasteiger partial charge < -0.3 is 9.80 Å². The van der Waals surface area contributed by atoms with Gasteiger partial charge in [-0.25, -0.2) is 4.39 Å². The molecule has 4 nitrogen and oxygen atoms in total. The van der Waals surface area contributed by atoms with Crippen LogP contribution < -0.4 is 4.90 Å². The van der Waals surface area contributed by atoms with Crippen LogP contribution in [0.5, 0.6) is 0 Å². The van der Waals surface area contributed by atoms with Crippen LogP contribution in [0.2, 0.25) is 5.02 Å². The fourth-order valence-corrected chi connectivity index (χ4v) is 3.24. The predicted molar refractivity (Wildman–Crippen MR) is 100 cm³/mol. The van der Waals surface area contributed by atoms with Crippen molar-refractivity contribution >= 4 is 29.0 Å². The van der Waals surface area contributed by atoms with E-state index in [4.69, 9.17) is 11.6 Å². The number of nitrogens with zero attached hydrogens (tertiary/aromatic N) is 2. The molecule has 3 rings (SSSR count). The molecule has 0 spiro atoms. The van der Waals surface area contributed by atoms with Crippen LogP contribution in [0.15, 0.2) is 48.5 Å². The molecule has 136 valence electrons. The molecule has 0 bridgehead atoms. The minimum atomic E-state index is -0.257. The summed E-state index contributed by atoms with van der Waals surface area (Å²) >= 11 is 5.89. The van der Waals surface area contributed by atoms with Crippen molar-refractivity contribution in [3.05, 3.63) is 64.9 Å². The van der Waals surface area contributed by atoms with E-state index in [2.05, 4.69) is 4.90 Å². The highest BCUT2D eigenvalue weighted by Gasteiger charge is 2.22. The summed E-state index contributed by atoms with van der Waals surface area (Å²) in [5, 5.41) is 0.513. The van der Waals surface area contributed by atoms with Crippen molar-refractivity contribution in [1.29, 1.82) is 0 Å². The number of carbonyl (C=O) groups is 2. The maximum Gasteiger partial charge on any atom is 0.223 e. The van der Waals surface area contributed by atoms with Gasteiger partial charge in [0.1, 0.15) is 5.82 Å². The van der Waals surface area contributed by atoms with E-state index in [1.54, 1.807) is 41.3 Å². The van der Waals surface area contributed by atoms with Crippen LogP contribution in [0.4, 0.5) is 10.1 Å². The second-order valence-corrected chi connectivity index (χ2v) is 6.71. The van der Waals surface area contributed by atoms with Gasteiger partial charge in [-0.1, -0.05) is 23.7 Å². The number of amides is 1. The Morgan fingerprint density at radius 2 is 1.65 bits per heavy atom. The number of hydrogen-bond acceptors (Lipinski definition) is 3. The number of carbonyl (C=O) groups excluding carboxylic acids is 2. The summed E-state index contributed by atoms with van der Waals surface area (Å²) < 4.78 is 13.0. The fraction of sp³-hybridized carbons (Fsp3) is 0.300. The molecule has 1 aliphatic heterocycles. The lowest BCUT2D eigenvalue weighted by atomic mass is 10.1. The number of piperazine rings is 1. The first-order valence-electron chi connectivity index (χ1n) is 8.60. The Morgan fingerprint density at radius 3 is 2.31 bits per heavy atom. The summed E-state index contributed by atoms with van der Waals surface area (Å²) in [6.07, 6.45) is 0.374. The quantitative estimate of drug-likeness (QED) is 0.747. The first-order valence-corrected chi connectivity index (χ1v) is 8.98. The molecule has 0 aromatic heterocycles.